The van der Waals surface area contributed by atoms with Crippen molar-refractivity contribution in [3.63, 3.8) is 0 Å². The minimum Gasteiger partial charge on any atom is -0.368 e. The van der Waals surface area contributed by atoms with Crippen molar-refractivity contribution in [1.82, 2.24) is 30.3 Å². The summed E-state index contributed by atoms with van der Waals surface area (Å²) in [7, 11) is 0. The first-order valence-electron chi connectivity index (χ1n) is 9.79. The number of nitrogens with zero attached hydrogens (tertiary/aromatic N) is 6. The van der Waals surface area contributed by atoms with Crippen LogP contribution in [0.3, 0.4) is 0 Å². The maximum Gasteiger partial charge on any atom is 0.273 e. The van der Waals surface area contributed by atoms with Crippen LogP contribution in [0.2, 0.25) is 0 Å². The van der Waals surface area contributed by atoms with Crippen LogP contribution in [0.15, 0.2) is 42.6 Å². The van der Waals surface area contributed by atoms with Crippen molar-refractivity contribution in [3.8, 4) is 5.69 Å². The second-order valence-electron chi connectivity index (χ2n) is 6.89. The lowest BCUT2D eigenvalue weighted by atomic mass is 10.3. The van der Waals surface area contributed by atoms with E-state index in [4.69, 9.17) is 0 Å². The molecule has 0 aliphatic carbocycles. The topological polar surface area (TPSA) is 101 Å². The van der Waals surface area contributed by atoms with E-state index in [1.165, 1.54) is 23.8 Å². The summed E-state index contributed by atoms with van der Waals surface area (Å²) in [6.45, 7) is 4.96. The SMILES string of the molecule is Cc1nc(NCCNC(=O)c2cnn(-c3ccccc3)n2)cc(N2CCCC2)n1. The molecule has 1 amide bonds. The summed E-state index contributed by atoms with van der Waals surface area (Å²) >= 11 is 0. The van der Waals surface area contributed by atoms with Crippen LogP contribution in [-0.2, 0) is 0 Å². The minimum atomic E-state index is -0.259. The summed E-state index contributed by atoms with van der Waals surface area (Å²) in [4.78, 5) is 25.0. The summed E-state index contributed by atoms with van der Waals surface area (Å²) in [6.07, 6.45) is 3.87. The number of benzene rings is 1. The van der Waals surface area contributed by atoms with Gasteiger partial charge in [-0.05, 0) is 31.9 Å². The smallest absolute Gasteiger partial charge is 0.273 e. The summed E-state index contributed by atoms with van der Waals surface area (Å²) in [6, 6.07) is 11.4. The second kappa shape index (κ2) is 8.68. The van der Waals surface area contributed by atoms with E-state index in [0.29, 0.717) is 13.1 Å². The molecule has 0 radical (unpaired) electrons. The number of carbonyl (C=O) groups excluding carboxylic acids is 1. The lowest BCUT2D eigenvalue weighted by molar-refractivity contribution is 0.0949. The Morgan fingerprint density at radius 1 is 1.10 bits per heavy atom. The fraction of sp³-hybridized carbons (Fsp3) is 0.350. The largest absolute Gasteiger partial charge is 0.368 e. The Kier molecular flexibility index (Phi) is 5.64. The number of aryl methyl sites for hydroxylation is 1. The minimum absolute atomic E-state index is 0.259. The average Bonchev–Trinajstić information content (AvgIpc) is 3.44. The van der Waals surface area contributed by atoms with Gasteiger partial charge in [-0.1, -0.05) is 18.2 Å². The number of hydrogen-bond donors (Lipinski definition) is 2. The van der Waals surface area contributed by atoms with Crippen LogP contribution in [-0.4, -0.2) is 57.0 Å². The molecule has 1 fully saturated rings. The predicted molar refractivity (Wildman–Crippen MR) is 110 cm³/mol. The molecule has 1 aromatic carbocycles. The van der Waals surface area contributed by atoms with Gasteiger partial charge in [-0.25, -0.2) is 9.97 Å². The predicted octanol–water partition coefficient (Wildman–Crippen LogP) is 1.81. The van der Waals surface area contributed by atoms with Gasteiger partial charge >= 0.3 is 0 Å². The molecular weight excluding hydrogens is 368 g/mol. The van der Waals surface area contributed by atoms with Crippen LogP contribution in [0.25, 0.3) is 5.69 Å². The molecule has 1 aliphatic rings. The number of anilines is 2. The molecule has 9 heteroatoms. The number of hydrogen-bond acceptors (Lipinski definition) is 7. The van der Waals surface area contributed by atoms with Crippen LogP contribution >= 0.6 is 0 Å². The summed E-state index contributed by atoms with van der Waals surface area (Å²) in [5.41, 5.74) is 1.09. The van der Waals surface area contributed by atoms with Gasteiger partial charge in [0.05, 0.1) is 11.9 Å². The highest BCUT2D eigenvalue weighted by atomic mass is 16.2. The molecular formula is C20H24N8O. The molecule has 2 aromatic heterocycles. The fourth-order valence-corrected chi connectivity index (χ4v) is 3.26. The van der Waals surface area contributed by atoms with E-state index in [1.54, 1.807) is 0 Å². The van der Waals surface area contributed by atoms with E-state index in [-0.39, 0.29) is 11.6 Å². The molecule has 0 spiro atoms. The Morgan fingerprint density at radius 3 is 2.69 bits per heavy atom. The summed E-state index contributed by atoms with van der Waals surface area (Å²) in [5.74, 6) is 2.20. The monoisotopic (exact) mass is 392 g/mol. The molecule has 2 N–H and O–H groups in total. The van der Waals surface area contributed by atoms with Gasteiger partial charge in [-0.2, -0.15) is 9.90 Å². The van der Waals surface area contributed by atoms with Crippen LogP contribution in [0.4, 0.5) is 11.6 Å². The van der Waals surface area contributed by atoms with Gasteiger partial charge in [0.15, 0.2) is 5.69 Å². The first-order chi connectivity index (χ1) is 14.2. The summed E-state index contributed by atoms with van der Waals surface area (Å²) in [5, 5.41) is 14.5. The molecule has 1 saturated heterocycles. The Labute approximate surface area is 169 Å². The van der Waals surface area contributed by atoms with Crippen molar-refractivity contribution in [3.05, 3.63) is 54.1 Å². The zero-order chi connectivity index (χ0) is 20.1. The number of aromatic nitrogens is 5. The van der Waals surface area contributed by atoms with E-state index in [0.717, 1.165) is 36.2 Å². The molecule has 4 rings (SSSR count). The first kappa shape index (κ1) is 18.9. The van der Waals surface area contributed by atoms with Crippen molar-refractivity contribution >= 4 is 17.5 Å². The van der Waals surface area contributed by atoms with Gasteiger partial charge in [-0.15, -0.1) is 5.10 Å². The maximum absolute atomic E-state index is 12.3. The van der Waals surface area contributed by atoms with Crippen LogP contribution in [0.1, 0.15) is 29.2 Å². The standard InChI is InChI=1S/C20H24N8O/c1-15-24-18(13-19(25-15)27-11-5-6-12-27)21-9-10-22-20(29)17-14-23-28(26-17)16-7-3-2-4-8-16/h2-4,7-8,13-14H,5-6,9-12H2,1H3,(H,22,29)(H,21,24,25). The van der Waals surface area contributed by atoms with Crippen molar-refractivity contribution in [2.75, 3.05) is 36.4 Å². The van der Waals surface area contributed by atoms with E-state index in [1.807, 2.05) is 43.3 Å². The Balaban J connectivity index is 1.28. The maximum atomic E-state index is 12.3. The fourth-order valence-electron chi connectivity index (χ4n) is 3.26. The molecule has 9 nitrogen and oxygen atoms in total. The zero-order valence-electron chi connectivity index (χ0n) is 16.4. The number of amides is 1. The number of nitrogens with one attached hydrogen (secondary N) is 2. The van der Waals surface area contributed by atoms with Gasteiger partial charge in [0.25, 0.3) is 5.91 Å². The van der Waals surface area contributed by atoms with Crippen LogP contribution < -0.4 is 15.5 Å². The van der Waals surface area contributed by atoms with Gasteiger partial charge in [0, 0.05) is 32.2 Å². The number of carbonyl (C=O) groups is 1. The van der Waals surface area contributed by atoms with Gasteiger partial charge in [-0.3, -0.25) is 4.79 Å². The Hall–Kier alpha value is -3.49. The molecule has 0 saturated carbocycles. The Morgan fingerprint density at radius 2 is 1.90 bits per heavy atom. The second-order valence-corrected chi connectivity index (χ2v) is 6.89. The normalized spacial score (nSPS) is 13.5. The van der Waals surface area contributed by atoms with Crippen LogP contribution in [0, 0.1) is 6.92 Å². The highest BCUT2D eigenvalue weighted by Crippen LogP contribution is 2.20. The molecule has 3 heterocycles. The van der Waals surface area contributed by atoms with Gasteiger partial charge in [0.1, 0.15) is 17.5 Å². The molecule has 0 unspecified atom stereocenters. The lowest BCUT2D eigenvalue weighted by Gasteiger charge is -2.17. The first-order valence-corrected chi connectivity index (χ1v) is 9.79. The molecule has 3 aromatic rings. The molecule has 29 heavy (non-hydrogen) atoms. The summed E-state index contributed by atoms with van der Waals surface area (Å²) < 4.78 is 0. The van der Waals surface area contributed by atoms with Gasteiger partial charge < -0.3 is 15.5 Å². The van der Waals surface area contributed by atoms with Crippen molar-refractivity contribution in [2.24, 2.45) is 0 Å². The lowest BCUT2D eigenvalue weighted by Crippen LogP contribution is -2.29. The quantitative estimate of drug-likeness (QED) is 0.591. The number of rotatable bonds is 7. The highest BCUT2D eigenvalue weighted by Gasteiger charge is 2.15. The van der Waals surface area contributed by atoms with E-state index >= 15 is 0 Å². The molecule has 1 aliphatic heterocycles. The van der Waals surface area contributed by atoms with E-state index in [2.05, 4.69) is 35.7 Å². The van der Waals surface area contributed by atoms with Gasteiger partial charge in [0.2, 0.25) is 0 Å². The Bertz CT molecular complexity index is 966. The van der Waals surface area contributed by atoms with Crippen molar-refractivity contribution in [2.45, 2.75) is 19.8 Å². The highest BCUT2D eigenvalue weighted by molar-refractivity contribution is 5.91. The van der Waals surface area contributed by atoms with E-state index < -0.39 is 0 Å². The zero-order valence-corrected chi connectivity index (χ0v) is 16.4. The molecule has 0 bridgehead atoms. The third-order valence-electron chi connectivity index (χ3n) is 4.68. The van der Waals surface area contributed by atoms with Crippen LogP contribution in [0.5, 0.6) is 0 Å². The number of para-hydroxylation sites is 1. The van der Waals surface area contributed by atoms with Crippen molar-refractivity contribution < 1.29 is 4.79 Å². The third-order valence-corrected chi connectivity index (χ3v) is 4.68. The van der Waals surface area contributed by atoms with Crippen molar-refractivity contribution in [1.29, 1.82) is 0 Å². The molecule has 150 valence electrons. The molecule has 0 atom stereocenters. The average molecular weight is 392 g/mol. The van der Waals surface area contributed by atoms with E-state index in [9.17, 15) is 4.79 Å². The third kappa shape index (κ3) is 4.68.